The predicted molar refractivity (Wildman–Crippen MR) is 73.2 cm³/mol. The van der Waals surface area contributed by atoms with Gasteiger partial charge in [0.05, 0.1) is 19.3 Å². The zero-order valence-corrected chi connectivity index (χ0v) is 11.6. The summed E-state index contributed by atoms with van der Waals surface area (Å²) in [5.74, 6) is -0.415. The van der Waals surface area contributed by atoms with Crippen LogP contribution in [0.3, 0.4) is 0 Å². The fourth-order valence-electron chi connectivity index (χ4n) is 2.54. The summed E-state index contributed by atoms with van der Waals surface area (Å²) in [6, 6.07) is 4.71. The van der Waals surface area contributed by atoms with Crippen LogP contribution in [0.2, 0.25) is 0 Å². The molecule has 6 heteroatoms. The number of aliphatic hydroxyl groups is 1. The Morgan fingerprint density at radius 3 is 3.00 bits per heavy atom. The topological polar surface area (TPSA) is 61.8 Å². The summed E-state index contributed by atoms with van der Waals surface area (Å²) in [6.45, 7) is 2.80. The number of hydrogen-bond donors (Lipinski definition) is 2. The Morgan fingerprint density at radius 2 is 2.35 bits per heavy atom. The Hall–Kier alpha value is -1.82. The van der Waals surface area contributed by atoms with Crippen LogP contribution in [0.1, 0.15) is 25.0 Å². The number of anilines is 1. The summed E-state index contributed by atoms with van der Waals surface area (Å²) >= 11 is 0. The summed E-state index contributed by atoms with van der Waals surface area (Å²) in [7, 11) is 1.32. The molecule has 20 heavy (non-hydrogen) atoms. The minimum absolute atomic E-state index is 0.0347. The highest BCUT2D eigenvalue weighted by atomic mass is 19.1. The van der Waals surface area contributed by atoms with Crippen molar-refractivity contribution in [3.05, 3.63) is 29.6 Å². The number of carbonyl (C=O) groups excluding carboxylic acids is 1. The molecule has 1 aromatic rings. The molecule has 1 aromatic carbocycles. The molecule has 1 saturated heterocycles. The first-order valence-electron chi connectivity index (χ1n) is 6.58. The number of nitrogens with zero attached hydrogens (tertiary/aromatic N) is 1. The molecule has 1 aliphatic rings. The average molecular weight is 282 g/mol. The number of rotatable bonds is 3. The van der Waals surface area contributed by atoms with Crippen LogP contribution < -0.4 is 10.2 Å². The Morgan fingerprint density at radius 1 is 1.60 bits per heavy atom. The normalized spacial score (nSPS) is 19.8. The lowest BCUT2D eigenvalue weighted by Crippen LogP contribution is -2.37. The summed E-state index contributed by atoms with van der Waals surface area (Å²) in [5, 5.41) is 12.5. The van der Waals surface area contributed by atoms with Crippen molar-refractivity contribution in [1.82, 2.24) is 5.32 Å². The van der Waals surface area contributed by atoms with Crippen molar-refractivity contribution < 1.29 is 19.0 Å². The minimum Gasteiger partial charge on any atom is -0.453 e. The van der Waals surface area contributed by atoms with Gasteiger partial charge in [0.2, 0.25) is 0 Å². The van der Waals surface area contributed by atoms with Gasteiger partial charge in [0.25, 0.3) is 0 Å². The Balaban J connectivity index is 2.14. The summed E-state index contributed by atoms with van der Waals surface area (Å²) in [5.41, 5.74) is 0.973. The first-order chi connectivity index (χ1) is 9.52. The molecule has 2 N–H and O–H groups in total. The van der Waals surface area contributed by atoms with E-state index in [4.69, 9.17) is 0 Å². The molecule has 0 aromatic heterocycles. The Kier molecular flexibility index (Phi) is 4.44. The molecule has 2 atom stereocenters. The third-order valence-corrected chi connectivity index (χ3v) is 3.48. The van der Waals surface area contributed by atoms with Gasteiger partial charge in [-0.2, -0.15) is 0 Å². The second-order valence-electron chi connectivity index (χ2n) is 4.92. The van der Waals surface area contributed by atoms with Crippen molar-refractivity contribution in [1.29, 1.82) is 0 Å². The van der Waals surface area contributed by atoms with Crippen LogP contribution in [0.15, 0.2) is 18.2 Å². The molecular formula is C14H19FN2O3. The second kappa shape index (κ2) is 6.09. The summed E-state index contributed by atoms with van der Waals surface area (Å²) in [6.07, 6.45) is -0.587. The lowest BCUT2D eigenvalue weighted by atomic mass is 10.1. The van der Waals surface area contributed by atoms with E-state index in [-0.39, 0.29) is 6.04 Å². The van der Waals surface area contributed by atoms with Gasteiger partial charge in [0, 0.05) is 24.3 Å². The summed E-state index contributed by atoms with van der Waals surface area (Å²) < 4.78 is 18.4. The van der Waals surface area contributed by atoms with Crippen molar-refractivity contribution in [2.45, 2.75) is 25.5 Å². The third kappa shape index (κ3) is 3.01. The van der Waals surface area contributed by atoms with E-state index in [1.165, 1.54) is 13.2 Å². The molecule has 0 bridgehead atoms. The van der Waals surface area contributed by atoms with Gasteiger partial charge in [-0.3, -0.25) is 0 Å². The lowest BCUT2D eigenvalue weighted by molar-refractivity contribution is 0.167. The number of ether oxygens (including phenoxy) is 1. The molecule has 1 heterocycles. The standard InChI is InChI=1S/C14H19FN2O3/c1-9(18)13-11(15)4-3-5-12(13)17-7-6-10(8-17)16-14(19)20-2/h3-5,9-10,18H,6-8H2,1-2H3,(H,16,19)/t9-,10?/m1/s1. The van der Waals surface area contributed by atoms with Gasteiger partial charge < -0.3 is 20.1 Å². The van der Waals surface area contributed by atoms with E-state index in [2.05, 4.69) is 10.1 Å². The van der Waals surface area contributed by atoms with Crippen LogP contribution in [0.4, 0.5) is 14.9 Å². The number of hydrogen-bond acceptors (Lipinski definition) is 4. The van der Waals surface area contributed by atoms with E-state index < -0.39 is 18.0 Å². The number of alkyl carbamates (subject to hydrolysis) is 1. The largest absolute Gasteiger partial charge is 0.453 e. The predicted octanol–water partition coefficient (Wildman–Crippen LogP) is 1.81. The zero-order chi connectivity index (χ0) is 14.7. The van der Waals surface area contributed by atoms with Gasteiger partial charge in [-0.05, 0) is 25.5 Å². The SMILES string of the molecule is COC(=O)NC1CCN(c2cccc(F)c2[C@@H](C)O)C1. The molecule has 0 saturated carbocycles. The molecule has 1 amide bonds. The fraction of sp³-hybridized carbons (Fsp3) is 0.500. The second-order valence-corrected chi connectivity index (χ2v) is 4.92. The average Bonchev–Trinajstić information content (AvgIpc) is 2.86. The number of carbonyl (C=O) groups is 1. The molecule has 5 nitrogen and oxygen atoms in total. The van der Waals surface area contributed by atoms with Crippen LogP contribution in [0.5, 0.6) is 0 Å². The van der Waals surface area contributed by atoms with E-state index in [0.29, 0.717) is 24.3 Å². The Labute approximate surface area is 117 Å². The van der Waals surface area contributed by atoms with Crippen LogP contribution in [0, 0.1) is 5.82 Å². The van der Waals surface area contributed by atoms with Crippen molar-refractivity contribution in [2.24, 2.45) is 0 Å². The third-order valence-electron chi connectivity index (χ3n) is 3.48. The van der Waals surface area contributed by atoms with E-state index in [9.17, 15) is 14.3 Å². The molecule has 0 aliphatic carbocycles. The van der Waals surface area contributed by atoms with Crippen molar-refractivity contribution in [3.8, 4) is 0 Å². The maximum atomic E-state index is 13.8. The van der Waals surface area contributed by atoms with Crippen molar-refractivity contribution >= 4 is 11.8 Å². The molecule has 0 spiro atoms. The maximum absolute atomic E-state index is 13.8. The highest BCUT2D eigenvalue weighted by Crippen LogP contribution is 2.31. The molecule has 0 radical (unpaired) electrons. The van der Waals surface area contributed by atoms with Crippen LogP contribution in [-0.4, -0.2) is 37.4 Å². The van der Waals surface area contributed by atoms with E-state index in [1.807, 2.05) is 4.90 Å². The maximum Gasteiger partial charge on any atom is 0.407 e. The molecular weight excluding hydrogens is 263 g/mol. The number of nitrogens with one attached hydrogen (secondary N) is 1. The first-order valence-corrected chi connectivity index (χ1v) is 6.58. The molecule has 1 aliphatic heterocycles. The fourth-order valence-corrected chi connectivity index (χ4v) is 2.54. The van der Waals surface area contributed by atoms with Gasteiger partial charge in [-0.1, -0.05) is 6.07 Å². The molecule has 1 unspecified atom stereocenters. The number of aliphatic hydroxyl groups excluding tert-OH is 1. The van der Waals surface area contributed by atoms with Gasteiger partial charge in [0.15, 0.2) is 0 Å². The van der Waals surface area contributed by atoms with Gasteiger partial charge in [0.1, 0.15) is 5.82 Å². The molecule has 2 rings (SSSR count). The lowest BCUT2D eigenvalue weighted by Gasteiger charge is -2.23. The van der Waals surface area contributed by atoms with Crippen molar-refractivity contribution in [3.63, 3.8) is 0 Å². The zero-order valence-electron chi connectivity index (χ0n) is 11.6. The van der Waals surface area contributed by atoms with E-state index in [1.54, 1.807) is 19.1 Å². The summed E-state index contributed by atoms with van der Waals surface area (Å²) in [4.78, 5) is 13.2. The van der Waals surface area contributed by atoms with Crippen LogP contribution in [0.25, 0.3) is 0 Å². The molecule has 110 valence electrons. The van der Waals surface area contributed by atoms with Gasteiger partial charge >= 0.3 is 6.09 Å². The number of amides is 1. The monoisotopic (exact) mass is 282 g/mol. The van der Waals surface area contributed by atoms with Gasteiger partial charge in [-0.15, -0.1) is 0 Å². The number of benzene rings is 1. The quantitative estimate of drug-likeness (QED) is 0.887. The smallest absolute Gasteiger partial charge is 0.407 e. The van der Waals surface area contributed by atoms with Crippen LogP contribution >= 0.6 is 0 Å². The van der Waals surface area contributed by atoms with Gasteiger partial charge in [-0.25, -0.2) is 9.18 Å². The highest BCUT2D eigenvalue weighted by Gasteiger charge is 2.27. The molecule has 1 fully saturated rings. The van der Waals surface area contributed by atoms with Crippen molar-refractivity contribution in [2.75, 3.05) is 25.1 Å². The number of methoxy groups -OCH3 is 1. The first kappa shape index (κ1) is 14.6. The Bertz CT molecular complexity index is 493. The highest BCUT2D eigenvalue weighted by molar-refractivity contribution is 5.67. The van der Waals surface area contributed by atoms with E-state index in [0.717, 1.165) is 6.42 Å². The number of halogens is 1. The van der Waals surface area contributed by atoms with E-state index >= 15 is 0 Å². The minimum atomic E-state index is -0.876. The van der Waals surface area contributed by atoms with Crippen LogP contribution in [-0.2, 0) is 4.74 Å².